The lowest BCUT2D eigenvalue weighted by Crippen LogP contribution is -2.26. The fraction of sp³-hybridized carbons (Fsp3) is 0.444. The molecule has 0 bridgehead atoms. The molecule has 1 amide bonds. The van der Waals surface area contributed by atoms with Gasteiger partial charge in [-0.15, -0.1) is 23.3 Å². The van der Waals surface area contributed by atoms with Gasteiger partial charge in [-0.3, -0.25) is 9.89 Å². The van der Waals surface area contributed by atoms with Crippen LogP contribution in [0.5, 0.6) is 0 Å². The smallest absolute Gasteiger partial charge is 0.290 e. The summed E-state index contributed by atoms with van der Waals surface area (Å²) in [5, 5.41) is 9.05. The summed E-state index contributed by atoms with van der Waals surface area (Å²) in [5.74, 6) is 4.50. The molecule has 0 saturated heterocycles. The third-order valence-electron chi connectivity index (χ3n) is 1.52. The average molecular weight is 224 g/mol. The van der Waals surface area contributed by atoms with Crippen LogP contribution < -0.4 is 5.32 Å². The van der Waals surface area contributed by atoms with Crippen molar-refractivity contribution in [3.05, 3.63) is 11.6 Å². The molecule has 0 aromatic carbocycles. The molecule has 0 aliphatic heterocycles. The number of aromatic nitrogens is 3. The van der Waals surface area contributed by atoms with E-state index in [9.17, 15) is 4.79 Å². The van der Waals surface area contributed by atoms with Gasteiger partial charge >= 0.3 is 0 Å². The molecule has 0 aliphatic carbocycles. The van der Waals surface area contributed by atoms with Crippen molar-refractivity contribution in [3.8, 4) is 12.3 Å². The number of nitrogens with zero attached hydrogens (tertiary/aromatic N) is 2. The first-order valence-corrected chi connectivity index (χ1v) is 5.58. The van der Waals surface area contributed by atoms with Gasteiger partial charge in [0.1, 0.15) is 5.82 Å². The highest BCUT2D eigenvalue weighted by atomic mass is 32.2. The minimum absolute atomic E-state index is 0.175. The van der Waals surface area contributed by atoms with Crippen molar-refractivity contribution >= 4 is 17.7 Å². The second-order valence-electron chi connectivity index (χ2n) is 2.76. The summed E-state index contributed by atoms with van der Waals surface area (Å²) in [5.41, 5.74) is 0. The number of carbonyl (C=O) groups excluding carboxylic acids is 1. The Balaban J connectivity index is 2.23. The summed E-state index contributed by atoms with van der Waals surface area (Å²) in [6.45, 7) is 2.31. The molecule has 15 heavy (non-hydrogen) atoms. The summed E-state index contributed by atoms with van der Waals surface area (Å²) in [4.78, 5) is 15.3. The van der Waals surface area contributed by atoms with Gasteiger partial charge in [-0.1, -0.05) is 5.92 Å². The molecule has 0 saturated carbocycles. The molecule has 80 valence electrons. The van der Waals surface area contributed by atoms with E-state index in [0.29, 0.717) is 18.1 Å². The zero-order valence-electron chi connectivity index (χ0n) is 8.41. The van der Waals surface area contributed by atoms with Gasteiger partial charge in [0, 0.05) is 12.3 Å². The number of thioether (sulfide) groups is 1. The molecule has 0 atom stereocenters. The Morgan fingerprint density at radius 3 is 3.13 bits per heavy atom. The molecular formula is C9H12N4OS. The highest BCUT2D eigenvalue weighted by molar-refractivity contribution is 7.99. The lowest BCUT2D eigenvalue weighted by atomic mass is 10.5. The van der Waals surface area contributed by atoms with Gasteiger partial charge in [-0.2, -0.15) is 0 Å². The van der Waals surface area contributed by atoms with E-state index in [1.165, 1.54) is 0 Å². The van der Waals surface area contributed by atoms with Crippen molar-refractivity contribution in [3.63, 3.8) is 0 Å². The van der Waals surface area contributed by atoms with Crippen LogP contribution in [0.3, 0.4) is 0 Å². The van der Waals surface area contributed by atoms with Crippen LogP contribution in [0.4, 0.5) is 0 Å². The fourth-order valence-electron chi connectivity index (χ4n) is 0.891. The summed E-state index contributed by atoms with van der Waals surface area (Å²) >= 11 is 1.60. The first kappa shape index (κ1) is 11.6. The van der Waals surface area contributed by atoms with E-state index in [0.717, 1.165) is 5.75 Å². The molecule has 2 N–H and O–H groups in total. The molecule has 1 aromatic heterocycles. The van der Waals surface area contributed by atoms with E-state index in [1.807, 2.05) is 0 Å². The number of nitrogens with one attached hydrogen (secondary N) is 2. The van der Waals surface area contributed by atoms with E-state index in [1.54, 1.807) is 18.7 Å². The maximum Gasteiger partial charge on any atom is 0.290 e. The minimum atomic E-state index is -0.263. The molecule has 0 radical (unpaired) electrons. The molecule has 5 nitrogen and oxygen atoms in total. The van der Waals surface area contributed by atoms with Crippen LogP contribution in [-0.2, 0) is 0 Å². The van der Waals surface area contributed by atoms with E-state index < -0.39 is 0 Å². The van der Waals surface area contributed by atoms with E-state index in [-0.39, 0.29) is 11.7 Å². The lowest BCUT2D eigenvalue weighted by Gasteiger charge is -2.00. The highest BCUT2D eigenvalue weighted by Crippen LogP contribution is 1.96. The SMILES string of the molecule is C#CCSCCNC(=O)c1n[nH]c(C)n1. The van der Waals surface area contributed by atoms with Crippen LogP contribution in [0, 0.1) is 19.3 Å². The van der Waals surface area contributed by atoms with Crippen molar-refractivity contribution in [2.45, 2.75) is 6.92 Å². The Labute approximate surface area is 92.4 Å². The van der Waals surface area contributed by atoms with Gasteiger partial charge in [0.2, 0.25) is 5.82 Å². The van der Waals surface area contributed by atoms with Gasteiger partial charge in [0.05, 0.1) is 5.75 Å². The number of rotatable bonds is 5. The quantitative estimate of drug-likeness (QED) is 0.554. The molecular weight excluding hydrogens is 212 g/mol. The molecule has 0 fully saturated rings. The maximum atomic E-state index is 11.4. The standard InChI is InChI=1S/C9H12N4OS/c1-3-5-15-6-4-10-9(14)8-11-7(2)12-13-8/h1H,4-6H2,2H3,(H,10,14)(H,11,12,13). The van der Waals surface area contributed by atoms with E-state index in [2.05, 4.69) is 26.4 Å². The maximum absolute atomic E-state index is 11.4. The Bertz CT molecular complexity index is 368. The number of aryl methyl sites for hydroxylation is 1. The monoisotopic (exact) mass is 224 g/mol. The van der Waals surface area contributed by atoms with Crippen molar-refractivity contribution in [2.24, 2.45) is 0 Å². The second-order valence-corrected chi connectivity index (χ2v) is 3.86. The van der Waals surface area contributed by atoms with Gasteiger partial charge in [0.25, 0.3) is 5.91 Å². The Morgan fingerprint density at radius 1 is 1.73 bits per heavy atom. The Hall–Kier alpha value is -1.48. The van der Waals surface area contributed by atoms with Crippen molar-refractivity contribution in [1.29, 1.82) is 0 Å². The Morgan fingerprint density at radius 2 is 2.53 bits per heavy atom. The number of terminal acetylenes is 1. The fourth-order valence-corrected chi connectivity index (χ4v) is 1.40. The summed E-state index contributed by atoms with van der Waals surface area (Å²) in [6, 6.07) is 0. The van der Waals surface area contributed by atoms with Crippen LogP contribution in [0.2, 0.25) is 0 Å². The predicted octanol–water partition coefficient (Wildman–Crippen LogP) is 0.209. The van der Waals surface area contributed by atoms with Gasteiger partial charge < -0.3 is 5.32 Å². The zero-order valence-corrected chi connectivity index (χ0v) is 9.23. The van der Waals surface area contributed by atoms with Gasteiger partial charge in [0.15, 0.2) is 0 Å². The number of aromatic amines is 1. The van der Waals surface area contributed by atoms with Crippen LogP contribution in [0.1, 0.15) is 16.4 Å². The number of hydrogen-bond acceptors (Lipinski definition) is 4. The van der Waals surface area contributed by atoms with Crippen molar-refractivity contribution < 1.29 is 4.79 Å². The Kier molecular flexibility index (Phi) is 4.71. The number of hydrogen-bond donors (Lipinski definition) is 2. The number of carbonyl (C=O) groups is 1. The van der Waals surface area contributed by atoms with E-state index >= 15 is 0 Å². The third-order valence-corrected chi connectivity index (χ3v) is 2.38. The first-order valence-electron chi connectivity index (χ1n) is 4.42. The molecule has 1 rings (SSSR count). The lowest BCUT2D eigenvalue weighted by molar-refractivity contribution is 0.0946. The highest BCUT2D eigenvalue weighted by Gasteiger charge is 2.09. The summed E-state index contributed by atoms with van der Waals surface area (Å²) in [6.07, 6.45) is 5.08. The molecule has 0 unspecified atom stereocenters. The first-order chi connectivity index (χ1) is 7.24. The summed E-state index contributed by atoms with van der Waals surface area (Å²) < 4.78 is 0. The zero-order chi connectivity index (χ0) is 11.1. The minimum Gasteiger partial charge on any atom is -0.348 e. The molecule has 1 aromatic rings. The van der Waals surface area contributed by atoms with Gasteiger partial charge in [-0.25, -0.2) is 4.98 Å². The predicted molar refractivity (Wildman–Crippen MR) is 59.6 cm³/mol. The largest absolute Gasteiger partial charge is 0.348 e. The number of H-pyrrole nitrogens is 1. The molecule has 0 spiro atoms. The normalized spacial score (nSPS) is 9.60. The molecule has 0 aliphatic rings. The topological polar surface area (TPSA) is 70.7 Å². The van der Waals surface area contributed by atoms with E-state index in [4.69, 9.17) is 6.42 Å². The molecule has 1 heterocycles. The second kappa shape index (κ2) is 6.09. The number of amides is 1. The van der Waals surface area contributed by atoms with Gasteiger partial charge in [-0.05, 0) is 6.92 Å². The molecule has 6 heteroatoms. The van der Waals surface area contributed by atoms with Crippen LogP contribution >= 0.6 is 11.8 Å². The van der Waals surface area contributed by atoms with Crippen molar-refractivity contribution in [1.82, 2.24) is 20.5 Å². The third kappa shape index (κ3) is 4.04. The van der Waals surface area contributed by atoms with Crippen LogP contribution in [0.15, 0.2) is 0 Å². The van der Waals surface area contributed by atoms with Crippen molar-refractivity contribution in [2.75, 3.05) is 18.1 Å². The summed E-state index contributed by atoms with van der Waals surface area (Å²) in [7, 11) is 0. The van der Waals surface area contributed by atoms with Crippen LogP contribution in [-0.4, -0.2) is 39.1 Å². The van der Waals surface area contributed by atoms with Crippen LogP contribution in [0.25, 0.3) is 0 Å². The average Bonchev–Trinajstić information content (AvgIpc) is 2.64.